The number of hydrogen-bond donors (Lipinski definition) is 3. The van der Waals surface area contributed by atoms with Crippen LogP contribution in [0, 0.1) is 5.92 Å². The molecular formula is C15H31IN4O2. The van der Waals surface area contributed by atoms with E-state index in [2.05, 4.69) is 27.9 Å². The lowest BCUT2D eigenvalue weighted by molar-refractivity contribution is -0.123. The van der Waals surface area contributed by atoms with E-state index in [0.717, 1.165) is 32.0 Å². The number of halogens is 1. The topological polar surface area (TPSA) is 74.8 Å². The zero-order valence-corrected chi connectivity index (χ0v) is 16.5. The van der Waals surface area contributed by atoms with Crippen LogP contribution >= 0.6 is 24.0 Å². The van der Waals surface area contributed by atoms with Crippen molar-refractivity contribution in [2.75, 3.05) is 32.8 Å². The van der Waals surface area contributed by atoms with Crippen LogP contribution < -0.4 is 16.0 Å². The molecule has 1 saturated heterocycles. The molecule has 0 radical (unpaired) electrons. The van der Waals surface area contributed by atoms with Crippen LogP contribution in [0.2, 0.25) is 0 Å². The molecule has 0 saturated carbocycles. The second-order valence-corrected chi connectivity index (χ2v) is 5.97. The minimum Gasteiger partial charge on any atom is -0.373 e. The van der Waals surface area contributed by atoms with Gasteiger partial charge in [-0.2, -0.15) is 0 Å². The van der Waals surface area contributed by atoms with Gasteiger partial charge in [0, 0.05) is 32.2 Å². The van der Waals surface area contributed by atoms with E-state index in [1.165, 1.54) is 0 Å². The highest BCUT2D eigenvalue weighted by atomic mass is 127. The molecule has 7 heteroatoms. The number of rotatable bonds is 7. The summed E-state index contributed by atoms with van der Waals surface area (Å²) in [6.07, 6.45) is 2.16. The van der Waals surface area contributed by atoms with E-state index in [9.17, 15) is 4.79 Å². The molecule has 0 spiro atoms. The molecule has 1 atom stereocenters. The summed E-state index contributed by atoms with van der Waals surface area (Å²) < 4.78 is 5.73. The molecule has 1 heterocycles. The minimum absolute atomic E-state index is 0. The van der Waals surface area contributed by atoms with Crippen LogP contribution in [0.3, 0.4) is 0 Å². The number of aliphatic imine (C=N–C) groups is 1. The monoisotopic (exact) mass is 426 g/mol. The third kappa shape index (κ3) is 8.17. The molecule has 6 nitrogen and oxygen atoms in total. The average Bonchev–Trinajstić information content (AvgIpc) is 2.87. The number of hydrogen-bond acceptors (Lipinski definition) is 3. The van der Waals surface area contributed by atoms with E-state index in [0.29, 0.717) is 19.6 Å². The van der Waals surface area contributed by atoms with Crippen molar-refractivity contribution < 1.29 is 9.53 Å². The summed E-state index contributed by atoms with van der Waals surface area (Å²) in [7, 11) is 0. The van der Waals surface area contributed by atoms with Crippen molar-refractivity contribution in [2.45, 2.75) is 46.1 Å². The van der Waals surface area contributed by atoms with E-state index < -0.39 is 0 Å². The molecule has 0 aromatic carbocycles. The van der Waals surface area contributed by atoms with Gasteiger partial charge in [-0.25, -0.2) is 0 Å². The molecular weight excluding hydrogens is 395 g/mol. The standard InChI is InChI=1S/C15H30N4O2.HI/c1-5-16-14(18-9-8-17-13(20)12(2)3)19-11-15(4)7-6-10-21-15;/h12H,5-11H2,1-4H3,(H,17,20)(H2,16,18,19);1H. The van der Waals surface area contributed by atoms with Crippen molar-refractivity contribution in [1.29, 1.82) is 0 Å². The molecule has 3 N–H and O–H groups in total. The highest BCUT2D eigenvalue weighted by molar-refractivity contribution is 14.0. The molecule has 22 heavy (non-hydrogen) atoms. The first-order chi connectivity index (χ1) is 9.97. The lowest BCUT2D eigenvalue weighted by Gasteiger charge is -2.21. The maximum atomic E-state index is 11.5. The van der Waals surface area contributed by atoms with Gasteiger partial charge < -0.3 is 20.7 Å². The number of ether oxygens (including phenoxy) is 1. The zero-order valence-electron chi connectivity index (χ0n) is 14.2. The Hall–Kier alpha value is -0.570. The van der Waals surface area contributed by atoms with Gasteiger partial charge in [0.25, 0.3) is 0 Å². The second kappa shape index (κ2) is 11.0. The van der Waals surface area contributed by atoms with Crippen molar-refractivity contribution in [3.8, 4) is 0 Å². The molecule has 0 aliphatic carbocycles. The summed E-state index contributed by atoms with van der Waals surface area (Å²) in [4.78, 5) is 16.0. The number of nitrogens with zero attached hydrogens (tertiary/aromatic N) is 1. The maximum absolute atomic E-state index is 11.5. The smallest absolute Gasteiger partial charge is 0.222 e. The minimum atomic E-state index is -0.131. The zero-order chi connectivity index (χ0) is 15.7. The van der Waals surface area contributed by atoms with Crippen molar-refractivity contribution >= 4 is 35.8 Å². The van der Waals surface area contributed by atoms with Crippen LogP contribution in [0.5, 0.6) is 0 Å². The largest absolute Gasteiger partial charge is 0.373 e. The first-order valence-electron chi connectivity index (χ1n) is 7.91. The summed E-state index contributed by atoms with van der Waals surface area (Å²) in [5.74, 6) is 0.866. The van der Waals surface area contributed by atoms with Crippen molar-refractivity contribution in [3.63, 3.8) is 0 Å². The summed E-state index contributed by atoms with van der Waals surface area (Å²) in [5.41, 5.74) is -0.131. The Balaban J connectivity index is 0.00000441. The van der Waals surface area contributed by atoms with Gasteiger partial charge in [-0.3, -0.25) is 9.79 Å². The van der Waals surface area contributed by atoms with Gasteiger partial charge in [0.15, 0.2) is 5.96 Å². The molecule has 1 fully saturated rings. The quantitative estimate of drug-likeness (QED) is 0.250. The lowest BCUT2D eigenvalue weighted by atomic mass is 10.0. The first kappa shape index (κ1) is 21.4. The molecule has 1 amide bonds. The SMILES string of the molecule is CCNC(=NCC1(C)CCCO1)NCCNC(=O)C(C)C.I. The maximum Gasteiger partial charge on any atom is 0.222 e. The molecule has 130 valence electrons. The fourth-order valence-corrected chi connectivity index (χ4v) is 2.12. The lowest BCUT2D eigenvalue weighted by Crippen LogP contribution is -2.43. The Morgan fingerprint density at radius 1 is 1.27 bits per heavy atom. The van der Waals surface area contributed by atoms with Crippen LogP contribution in [-0.4, -0.2) is 50.3 Å². The van der Waals surface area contributed by atoms with Crippen molar-refractivity contribution in [3.05, 3.63) is 0 Å². The van der Waals surface area contributed by atoms with Crippen LogP contribution in [0.1, 0.15) is 40.5 Å². The van der Waals surface area contributed by atoms with Crippen LogP contribution in [0.4, 0.5) is 0 Å². The van der Waals surface area contributed by atoms with E-state index in [1.54, 1.807) is 0 Å². The fraction of sp³-hybridized carbons (Fsp3) is 0.867. The van der Waals surface area contributed by atoms with Gasteiger partial charge in [0.05, 0.1) is 12.1 Å². The number of carbonyl (C=O) groups excluding carboxylic acids is 1. The summed E-state index contributed by atoms with van der Waals surface area (Å²) in [6.45, 7) is 11.4. The Labute approximate surface area is 151 Å². The summed E-state index contributed by atoms with van der Waals surface area (Å²) >= 11 is 0. The van der Waals surface area contributed by atoms with Crippen molar-refractivity contribution in [2.24, 2.45) is 10.9 Å². The predicted molar refractivity (Wildman–Crippen MR) is 101 cm³/mol. The molecule has 1 aliphatic rings. The van der Waals surface area contributed by atoms with E-state index in [1.807, 2.05) is 20.8 Å². The Morgan fingerprint density at radius 2 is 1.95 bits per heavy atom. The molecule has 0 aromatic rings. The molecule has 0 aromatic heterocycles. The second-order valence-electron chi connectivity index (χ2n) is 5.97. The first-order valence-corrected chi connectivity index (χ1v) is 7.91. The molecule has 0 bridgehead atoms. The van der Waals surface area contributed by atoms with Gasteiger partial charge in [0.2, 0.25) is 5.91 Å². The van der Waals surface area contributed by atoms with Gasteiger partial charge in [-0.05, 0) is 26.7 Å². The van der Waals surface area contributed by atoms with Crippen molar-refractivity contribution in [1.82, 2.24) is 16.0 Å². The van der Waals surface area contributed by atoms with Crippen LogP contribution in [0.25, 0.3) is 0 Å². The highest BCUT2D eigenvalue weighted by Gasteiger charge is 2.29. The Morgan fingerprint density at radius 3 is 2.50 bits per heavy atom. The molecule has 1 aliphatic heterocycles. The van der Waals surface area contributed by atoms with E-state index >= 15 is 0 Å². The molecule has 1 rings (SSSR count). The van der Waals surface area contributed by atoms with Gasteiger partial charge in [0.1, 0.15) is 0 Å². The highest BCUT2D eigenvalue weighted by Crippen LogP contribution is 2.24. The number of carbonyl (C=O) groups is 1. The third-order valence-electron chi connectivity index (χ3n) is 3.46. The molecule has 1 unspecified atom stereocenters. The Bertz CT molecular complexity index is 355. The summed E-state index contributed by atoms with van der Waals surface area (Å²) in [6, 6.07) is 0. The van der Waals surface area contributed by atoms with Gasteiger partial charge >= 0.3 is 0 Å². The van der Waals surface area contributed by atoms with E-state index in [4.69, 9.17) is 4.74 Å². The summed E-state index contributed by atoms with van der Waals surface area (Å²) in [5, 5.41) is 9.31. The predicted octanol–water partition coefficient (Wildman–Crippen LogP) is 1.50. The average molecular weight is 426 g/mol. The fourth-order valence-electron chi connectivity index (χ4n) is 2.12. The van der Waals surface area contributed by atoms with Gasteiger partial charge in [-0.1, -0.05) is 13.8 Å². The van der Waals surface area contributed by atoms with Gasteiger partial charge in [-0.15, -0.1) is 24.0 Å². The number of nitrogens with one attached hydrogen (secondary N) is 3. The normalized spacial score (nSPS) is 21.4. The number of guanidine groups is 1. The number of amides is 1. The van der Waals surface area contributed by atoms with Crippen LogP contribution in [-0.2, 0) is 9.53 Å². The Kier molecular flexibility index (Phi) is 10.8. The van der Waals surface area contributed by atoms with E-state index in [-0.39, 0.29) is 41.4 Å². The third-order valence-corrected chi connectivity index (χ3v) is 3.46. The van der Waals surface area contributed by atoms with Crippen LogP contribution in [0.15, 0.2) is 4.99 Å².